The Hall–Kier alpha value is -3.75. The molecule has 0 aromatic heterocycles. The number of fused-ring (bicyclic) bond motifs is 1. The fraction of sp³-hybridized carbons (Fsp3) is 0.276. The van der Waals surface area contributed by atoms with Gasteiger partial charge in [0.25, 0.3) is 11.8 Å². The number of rotatable bonds is 6. The maximum Gasteiger partial charge on any atom is 0.255 e. The van der Waals surface area contributed by atoms with E-state index in [0.717, 1.165) is 5.56 Å². The lowest BCUT2D eigenvalue weighted by Crippen LogP contribution is -2.59. The van der Waals surface area contributed by atoms with Gasteiger partial charge < -0.3 is 24.6 Å². The Kier molecular flexibility index (Phi) is 7.95. The highest BCUT2D eigenvalue weighted by Gasteiger charge is 2.34. The fourth-order valence-corrected chi connectivity index (χ4v) is 5.32. The first kappa shape index (κ1) is 26.8. The molecule has 1 fully saturated rings. The molecule has 2 atom stereocenters. The molecule has 8 nitrogen and oxygen atoms in total. The number of nitrogens with zero attached hydrogens (tertiary/aromatic N) is 2. The summed E-state index contributed by atoms with van der Waals surface area (Å²) in [6.07, 6.45) is 0.323. The third kappa shape index (κ3) is 5.97. The molecule has 2 aliphatic rings. The third-order valence-electron chi connectivity index (χ3n) is 6.88. The van der Waals surface area contributed by atoms with Crippen molar-refractivity contribution in [3.63, 3.8) is 0 Å². The van der Waals surface area contributed by atoms with Gasteiger partial charge in [-0.2, -0.15) is 0 Å². The number of piperazine rings is 1. The number of halogens is 2. The van der Waals surface area contributed by atoms with Crippen LogP contribution in [0.5, 0.6) is 11.5 Å². The first-order valence-corrected chi connectivity index (χ1v) is 13.3. The van der Waals surface area contributed by atoms with E-state index in [2.05, 4.69) is 5.32 Å². The summed E-state index contributed by atoms with van der Waals surface area (Å²) in [7, 11) is 0. The highest BCUT2D eigenvalue weighted by molar-refractivity contribution is 6.36. The summed E-state index contributed by atoms with van der Waals surface area (Å²) in [5, 5.41) is 3.66. The van der Waals surface area contributed by atoms with Gasteiger partial charge in [0.15, 0.2) is 11.5 Å². The van der Waals surface area contributed by atoms with Crippen LogP contribution >= 0.6 is 23.2 Å². The van der Waals surface area contributed by atoms with Crippen molar-refractivity contribution in [1.29, 1.82) is 0 Å². The van der Waals surface area contributed by atoms with E-state index in [0.29, 0.717) is 53.7 Å². The average molecular weight is 568 g/mol. The van der Waals surface area contributed by atoms with E-state index >= 15 is 0 Å². The molecular weight excluding hydrogens is 541 g/mol. The van der Waals surface area contributed by atoms with Crippen LogP contribution in [0.15, 0.2) is 66.7 Å². The zero-order valence-corrected chi connectivity index (χ0v) is 22.7. The minimum Gasteiger partial charge on any atom is -0.454 e. The van der Waals surface area contributed by atoms with Crippen molar-refractivity contribution < 1.29 is 23.9 Å². The summed E-state index contributed by atoms with van der Waals surface area (Å²) in [4.78, 5) is 43.6. The van der Waals surface area contributed by atoms with Crippen LogP contribution in [0.2, 0.25) is 10.0 Å². The van der Waals surface area contributed by atoms with Crippen LogP contribution < -0.4 is 14.8 Å². The van der Waals surface area contributed by atoms with E-state index in [9.17, 15) is 14.4 Å². The molecule has 2 heterocycles. The summed E-state index contributed by atoms with van der Waals surface area (Å²) >= 11 is 12.2. The molecule has 1 N–H and O–H groups in total. The topological polar surface area (TPSA) is 88.2 Å². The Morgan fingerprint density at radius 3 is 2.49 bits per heavy atom. The molecule has 3 aromatic carbocycles. The van der Waals surface area contributed by atoms with E-state index in [-0.39, 0.29) is 35.6 Å². The number of hydrogen-bond donors (Lipinski definition) is 1. The van der Waals surface area contributed by atoms with E-state index in [1.54, 1.807) is 40.1 Å². The number of benzene rings is 3. The van der Waals surface area contributed by atoms with Crippen LogP contribution in [0.3, 0.4) is 0 Å². The van der Waals surface area contributed by atoms with E-state index in [1.807, 2.05) is 37.3 Å². The normalized spacial score (nSPS) is 17.1. The third-order valence-corrected chi connectivity index (χ3v) is 7.43. The van der Waals surface area contributed by atoms with Gasteiger partial charge in [0.1, 0.15) is 6.04 Å². The number of hydrogen-bond acceptors (Lipinski definition) is 5. The second kappa shape index (κ2) is 11.6. The highest BCUT2D eigenvalue weighted by atomic mass is 35.5. The molecule has 202 valence electrons. The molecular formula is C29H27Cl2N3O5. The molecule has 5 rings (SSSR count). The predicted octanol–water partition coefficient (Wildman–Crippen LogP) is 4.44. The summed E-state index contributed by atoms with van der Waals surface area (Å²) in [6, 6.07) is 18.2. The minimum absolute atomic E-state index is 0.104. The van der Waals surface area contributed by atoms with Gasteiger partial charge >= 0.3 is 0 Å². The molecule has 0 radical (unpaired) electrons. The van der Waals surface area contributed by atoms with Crippen molar-refractivity contribution in [1.82, 2.24) is 15.1 Å². The minimum atomic E-state index is -0.800. The van der Waals surface area contributed by atoms with E-state index in [4.69, 9.17) is 32.7 Å². The summed E-state index contributed by atoms with van der Waals surface area (Å²) in [6.45, 7) is 2.97. The van der Waals surface area contributed by atoms with Crippen LogP contribution in [-0.4, -0.2) is 66.0 Å². The number of amides is 3. The Labute approximate surface area is 236 Å². The van der Waals surface area contributed by atoms with Gasteiger partial charge in [-0.25, -0.2) is 0 Å². The summed E-state index contributed by atoms with van der Waals surface area (Å²) < 4.78 is 10.7. The molecule has 0 saturated carbocycles. The van der Waals surface area contributed by atoms with Crippen LogP contribution in [0, 0.1) is 0 Å². The molecule has 0 unspecified atom stereocenters. The molecule has 0 aliphatic carbocycles. The van der Waals surface area contributed by atoms with Gasteiger partial charge in [-0.15, -0.1) is 0 Å². The quantitative estimate of drug-likeness (QED) is 0.476. The van der Waals surface area contributed by atoms with E-state index < -0.39 is 6.04 Å². The Morgan fingerprint density at radius 1 is 0.974 bits per heavy atom. The largest absolute Gasteiger partial charge is 0.454 e. The van der Waals surface area contributed by atoms with Crippen molar-refractivity contribution in [3.05, 3.63) is 93.5 Å². The predicted molar refractivity (Wildman–Crippen MR) is 148 cm³/mol. The molecule has 2 aliphatic heterocycles. The van der Waals surface area contributed by atoms with Gasteiger partial charge in [0.2, 0.25) is 12.7 Å². The van der Waals surface area contributed by atoms with Crippen LogP contribution in [0.25, 0.3) is 0 Å². The first-order chi connectivity index (χ1) is 18.8. The Balaban J connectivity index is 1.30. The van der Waals surface area contributed by atoms with Crippen molar-refractivity contribution in [2.75, 3.05) is 26.4 Å². The molecule has 0 bridgehead atoms. The molecule has 3 aromatic rings. The van der Waals surface area contributed by atoms with Crippen molar-refractivity contribution >= 4 is 40.9 Å². The zero-order chi connectivity index (χ0) is 27.5. The monoisotopic (exact) mass is 567 g/mol. The van der Waals surface area contributed by atoms with Gasteiger partial charge in [-0.3, -0.25) is 14.4 Å². The Bertz CT molecular complexity index is 1400. The number of carbonyl (C=O) groups excluding carboxylic acids is 3. The number of carbonyl (C=O) groups is 3. The standard InChI is InChI=1S/C29H27Cl2N3O5/c1-18-16-33(11-12-34(18)28(36)22-9-8-21(30)15-23(22)31)29(37)24(13-19-5-3-2-4-6-19)32-27(35)20-7-10-25-26(14-20)39-17-38-25/h2-10,14-15,18,24H,11-13,16-17H2,1H3,(H,32,35)/t18-,24-/m0/s1. The van der Waals surface area contributed by atoms with Crippen molar-refractivity contribution in [2.24, 2.45) is 0 Å². The van der Waals surface area contributed by atoms with Gasteiger partial charge in [-0.1, -0.05) is 53.5 Å². The maximum absolute atomic E-state index is 13.8. The molecule has 1 saturated heterocycles. The smallest absolute Gasteiger partial charge is 0.255 e. The zero-order valence-electron chi connectivity index (χ0n) is 21.2. The number of ether oxygens (including phenoxy) is 2. The van der Waals surface area contributed by atoms with Crippen molar-refractivity contribution in [2.45, 2.75) is 25.4 Å². The van der Waals surface area contributed by atoms with Crippen molar-refractivity contribution in [3.8, 4) is 11.5 Å². The van der Waals surface area contributed by atoms with E-state index in [1.165, 1.54) is 6.07 Å². The van der Waals surface area contributed by atoms with Crippen LogP contribution in [0.1, 0.15) is 33.2 Å². The SMILES string of the molecule is C[C@H]1CN(C(=O)[C@H](Cc2ccccc2)NC(=O)c2ccc3c(c2)OCO3)CCN1C(=O)c1ccc(Cl)cc1Cl. The lowest BCUT2D eigenvalue weighted by molar-refractivity contribution is -0.135. The van der Waals surface area contributed by atoms with Gasteiger partial charge in [-0.05, 0) is 48.9 Å². The fourth-order valence-electron chi connectivity index (χ4n) is 4.83. The van der Waals surface area contributed by atoms with Gasteiger partial charge in [0, 0.05) is 42.7 Å². The first-order valence-electron chi connectivity index (χ1n) is 12.6. The lowest BCUT2D eigenvalue weighted by atomic mass is 10.0. The lowest BCUT2D eigenvalue weighted by Gasteiger charge is -2.41. The van der Waals surface area contributed by atoms with Gasteiger partial charge in [0.05, 0.1) is 10.6 Å². The average Bonchev–Trinajstić information content (AvgIpc) is 3.40. The molecule has 10 heteroatoms. The number of nitrogens with one attached hydrogen (secondary N) is 1. The second-order valence-electron chi connectivity index (χ2n) is 9.54. The molecule has 39 heavy (non-hydrogen) atoms. The Morgan fingerprint density at radius 2 is 1.74 bits per heavy atom. The molecule has 0 spiro atoms. The second-order valence-corrected chi connectivity index (χ2v) is 10.4. The van der Waals surface area contributed by atoms with Crippen LogP contribution in [-0.2, 0) is 11.2 Å². The highest BCUT2D eigenvalue weighted by Crippen LogP contribution is 2.32. The molecule has 3 amide bonds. The summed E-state index contributed by atoms with van der Waals surface area (Å²) in [5.41, 5.74) is 1.65. The van der Waals surface area contributed by atoms with Crippen LogP contribution in [0.4, 0.5) is 0 Å². The summed E-state index contributed by atoms with van der Waals surface area (Å²) in [5.74, 6) is 0.250. The maximum atomic E-state index is 13.8.